The summed E-state index contributed by atoms with van der Waals surface area (Å²) in [5.41, 5.74) is 6.25. The van der Waals surface area contributed by atoms with E-state index in [-0.39, 0.29) is 23.9 Å². The average molecular weight is 313 g/mol. The second-order valence-electron chi connectivity index (χ2n) is 5.23. The molecule has 5 nitrogen and oxygen atoms in total. The molecule has 1 aromatic carbocycles. The number of amides is 1. The monoisotopic (exact) mass is 312 g/mol. The van der Waals surface area contributed by atoms with Crippen LogP contribution in [0.3, 0.4) is 0 Å². The predicted octanol–water partition coefficient (Wildman–Crippen LogP) is 2.69. The maximum absolute atomic E-state index is 12.3. The Morgan fingerprint density at radius 1 is 1.38 bits per heavy atom. The number of carbonyl (C=O) groups is 2. The van der Waals surface area contributed by atoms with E-state index in [1.165, 1.54) is 19.2 Å². The van der Waals surface area contributed by atoms with Crippen LogP contribution in [0.4, 0.5) is 5.69 Å². The van der Waals surface area contributed by atoms with Gasteiger partial charge >= 0.3 is 5.97 Å². The van der Waals surface area contributed by atoms with Crippen molar-refractivity contribution in [3.63, 3.8) is 0 Å². The lowest BCUT2D eigenvalue weighted by Crippen LogP contribution is -2.31. The van der Waals surface area contributed by atoms with Crippen molar-refractivity contribution in [2.75, 3.05) is 19.0 Å². The Labute approximate surface area is 129 Å². The number of hydrogen-bond donors (Lipinski definition) is 2. The van der Waals surface area contributed by atoms with E-state index in [0.717, 1.165) is 0 Å². The van der Waals surface area contributed by atoms with Gasteiger partial charge in [0, 0.05) is 11.6 Å². The minimum atomic E-state index is -0.532. The van der Waals surface area contributed by atoms with Gasteiger partial charge in [-0.3, -0.25) is 4.79 Å². The molecule has 116 valence electrons. The predicted molar refractivity (Wildman–Crippen MR) is 83.4 cm³/mol. The van der Waals surface area contributed by atoms with Gasteiger partial charge in [0.1, 0.15) is 0 Å². The summed E-state index contributed by atoms with van der Waals surface area (Å²) in [6.45, 7) is 4.29. The molecule has 0 aliphatic heterocycles. The fraction of sp³-hybridized carbons (Fsp3) is 0.467. The Balaban J connectivity index is 2.97. The highest BCUT2D eigenvalue weighted by atomic mass is 35.5. The van der Waals surface area contributed by atoms with E-state index in [9.17, 15) is 9.59 Å². The van der Waals surface area contributed by atoms with E-state index < -0.39 is 5.97 Å². The van der Waals surface area contributed by atoms with Gasteiger partial charge in [0.15, 0.2) is 0 Å². The molecular weight excluding hydrogens is 292 g/mol. The molecule has 0 saturated heterocycles. The van der Waals surface area contributed by atoms with Crippen molar-refractivity contribution >= 4 is 29.2 Å². The summed E-state index contributed by atoms with van der Waals surface area (Å²) in [5, 5.41) is 3.14. The van der Waals surface area contributed by atoms with Gasteiger partial charge < -0.3 is 15.8 Å². The molecule has 1 atom stereocenters. The van der Waals surface area contributed by atoms with Gasteiger partial charge in [0.05, 0.1) is 24.3 Å². The van der Waals surface area contributed by atoms with Gasteiger partial charge in [-0.2, -0.15) is 0 Å². The number of anilines is 1. The van der Waals surface area contributed by atoms with Crippen molar-refractivity contribution < 1.29 is 14.3 Å². The Morgan fingerprint density at radius 2 is 2.05 bits per heavy atom. The number of hydrogen-bond acceptors (Lipinski definition) is 4. The largest absolute Gasteiger partial charge is 0.465 e. The topological polar surface area (TPSA) is 81.4 Å². The van der Waals surface area contributed by atoms with E-state index in [1.54, 1.807) is 6.07 Å². The van der Waals surface area contributed by atoms with Crippen LogP contribution in [0.2, 0.25) is 5.02 Å². The molecule has 0 heterocycles. The van der Waals surface area contributed by atoms with Crippen molar-refractivity contribution in [2.45, 2.75) is 20.3 Å². The zero-order chi connectivity index (χ0) is 16.0. The Bertz CT molecular complexity index is 518. The maximum atomic E-state index is 12.3. The third-order valence-corrected chi connectivity index (χ3v) is 3.29. The van der Waals surface area contributed by atoms with Crippen molar-refractivity contribution in [2.24, 2.45) is 17.6 Å². The first-order valence-corrected chi connectivity index (χ1v) is 7.15. The van der Waals surface area contributed by atoms with Crippen LogP contribution < -0.4 is 11.1 Å². The van der Waals surface area contributed by atoms with Crippen LogP contribution in [0.1, 0.15) is 30.6 Å². The minimum Gasteiger partial charge on any atom is -0.465 e. The number of nitrogens with one attached hydrogen (secondary N) is 1. The Morgan fingerprint density at radius 3 is 2.57 bits per heavy atom. The van der Waals surface area contributed by atoms with Gasteiger partial charge in [0.2, 0.25) is 5.91 Å². The summed E-state index contributed by atoms with van der Waals surface area (Å²) in [4.78, 5) is 24.0. The first-order valence-electron chi connectivity index (χ1n) is 6.77. The maximum Gasteiger partial charge on any atom is 0.339 e. The number of methoxy groups -OCH3 is 1. The van der Waals surface area contributed by atoms with Crippen LogP contribution in [0, 0.1) is 11.8 Å². The number of halogens is 1. The molecule has 0 fully saturated rings. The van der Waals surface area contributed by atoms with Crippen LogP contribution in [-0.2, 0) is 9.53 Å². The molecule has 0 radical (unpaired) electrons. The quantitative estimate of drug-likeness (QED) is 0.791. The molecule has 1 unspecified atom stereocenters. The summed E-state index contributed by atoms with van der Waals surface area (Å²) in [6.07, 6.45) is 0.677. The van der Waals surface area contributed by atoms with Gasteiger partial charge in [-0.15, -0.1) is 0 Å². The van der Waals surface area contributed by atoms with E-state index in [2.05, 4.69) is 5.32 Å². The summed E-state index contributed by atoms with van der Waals surface area (Å²) < 4.78 is 4.69. The van der Waals surface area contributed by atoms with E-state index >= 15 is 0 Å². The van der Waals surface area contributed by atoms with Crippen LogP contribution in [0.15, 0.2) is 18.2 Å². The molecule has 6 heteroatoms. The minimum absolute atomic E-state index is 0.224. The highest BCUT2D eigenvalue weighted by Gasteiger charge is 2.21. The number of carbonyl (C=O) groups excluding carboxylic acids is 2. The fourth-order valence-corrected chi connectivity index (χ4v) is 2.19. The van der Waals surface area contributed by atoms with E-state index in [0.29, 0.717) is 23.0 Å². The van der Waals surface area contributed by atoms with Crippen molar-refractivity contribution in [3.05, 3.63) is 28.8 Å². The summed E-state index contributed by atoms with van der Waals surface area (Å²) in [6, 6.07) is 4.61. The second kappa shape index (κ2) is 8.00. The molecule has 0 aliphatic carbocycles. The Kier molecular flexibility index (Phi) is 6.65. The third-order valence-electron chi connectivity index (χ3n) is 3.06. The number of ether oxygens (including phenoxy) is 1. The number of rotatable bonds is 6. The first kappa shape index (κ1) is 17.5. The van der Waals surface area contributed by atoms with Crippen LogP contribution in [0.5, 0.6) is 0 Å². The smallest absolute Gasteiger partial charge is 0.339 e. The second-order valence-corrected chi connectivity index (χ2v) is 5.67. The molecule has 0 saturated carbocycles. The molecular formula is C15H21ClN2O3. The van der Waals surface area contributed by atoms with Gasteiger partial charge in [-0.05, 0) is 30.5 Å². The van der Waals surface area contributed by atoms with Crippen LogP contribution >= 0.6 is 11.6 Å². The van der Waals surface area contributed by atoms with Crippen LogP contribution in [0.25, 0.3) is 0 Å². The fourth-order valence-electron chi connectivity index (χ4n) is 2.02. The zero-order valence-electron chi connectivity index (χ0n) is 12.5. The zero-order valence-corrected chi connectivity index (χ0v) is 13.2. The number of nitrogens with two attached hydrogens (primary N) is 1. The lowest BCUT2D eigenvalue weighted by Gasteiger charge is -2.18. The van der Waals surface area contributed by atoms with Gasteiger partial charge in [-0.1, -0.05) is 25.4 Å². The summed E-state index contributed by atoms with van der Waals surface area (Å²) in [5.74, 6) is -0.716. The molecule has 0 aromatic heterocycles. The first-order chi connectivity index (χ1) is 9.88. The van der Waals surface area contributed by atoms with E-state index in [1.807, 2.05) is 13.8 Å². The summed E-state index contributed by atoms with van der Waals surface area (Å²) in [7, 11) is 1.28. The number of benzene rings is 1. The number of esters is 1. The van der Waals surface area contributed by atoms with Crippen LogP contribution in [-0.4, -0.2) is 25.5 Å². The average Bonchev–Trinajstić information content (AvgIpc) is 2.43. The van der Waals surface area contributed by atoms with Crippen molar-refractivity contribution in [1.82, 2.24) is 0 Å². The molecule has 0 aliphatic rings. The molecule has 0 spiro atoms. The molecule has 0 bridgehead atoms. The summed E-state index contributed by atoms with van der Waals surface area (Å²) >= 11 is 5.92. The highest BCUT2D eigenvalue weighted by Crippen LogP contribution is 2.23. The molecule has 21 heavy (non-hydrogen) atoms. The lowest BCUT2D eigenvalue weighted by molar-refractivity contribution is -0.120. The molecule has 1 aromatic rings. The van der Waals surface area contributed by atoms with E-state index in [4.69, 9.17) is 22.1 Å². The molecule has 3 N–H and O–H groups in total. The standard InChI is InChI=1S/C15H21ClN2O3/c1-9(2)6-10(8-17)14(19)18-13-7-11(16)4-5-12(13)15(20)21-3/h4-5,7,9-10H,6,8,17H2,1-3H3,(H,18,19). The highest BCUT2D eigenvalue weighted by molar-refractivity contribution is 6.31. The normalized spacial score (nSPS) is 12.1. The van der Waals surface area contributed by atoms with Gasteiger partial charge in [-0.25, -0.2) is 4.79 Å². The molecule has 1 amide bonds. The van der Waals surface area contributed by atoms with Crippen molar-refractivity contribution in [1.29, 1.82) is 0 Å². The molecule has 1 rings (SSSR count). The SMILES string of the molecule is COC(=O)c1ccc(Cl)cc1NC(=O)C(CN)CC(C)C. The Hall–Kier alpha value is -1.59. The third kappa shape index (κ3) is 5.02. The van der Waals surface area contributed by atoms with Crippen molar-refractivity contribution in [3.8, 4) is 0 Å². The lowest BCUT2D eigenvalue weighted by atomic mass is 9.96. The van der Waals surface area contributed by atoms with Gasteiger partial charge in [0.25, 0.3) is 0 Å².